The standard InChI is InChI=1S/C16H20BrOSi/c1-16(2,3)14-9-6-11-10-12(17)7-8-13(11)15(14)18-19(4)5/h6-10H,1-5H3. The summed E-state index contributed by atoms with van der Waals surface area (Å²) < 4.78 is 7.32. The van der Waals surface area contributed by atoms with E-state index in [9.17, 15) is 0 Å². The van der Waals surface area contributed by atoms with Crippen molar-refractivity contribution in [3.8, 4) is 5.75 Å². The maximum atomic E-state index is 6.21. The molecule has 1 radical (unpaired) electrons. The average Bonchev–Trinajstić information content (AvgIpc) is 2.26. The largest absolute Gasteiger partial charge is 0.542 e. The van der Waals surface area contributed by atoms with Gasteiger partial charge in [-0.1, -0.05) is 48.8 Å². The lowest BCUT2D eigenvalue weighted by Gasteiger charge is -2.25. The van der Waals surface area contributed by atoms with Crippen molar-refractivity contribution in [2.24, 2.45) is 0 Å². The Hall–Kier alpha value is -0.803. The number of benzene rings is 2. The fraction of sp³-hybridized carbons (Fsp3) is 0.375. The Morgan fingerprint density at radius 3 is 2.32 bits per heavy atom. The third-order valence-corrected chi connectivity index (χ3v) is 4.15. The van der Waals surface area contributed by atoms with E-state index in [0.29, 0.717) is 0 Å². The minimum absolute atomic E-state index is 0.0912. The number of rotatable bonds is 2. The number of hydrogen-bond acceptors (Lipinski definition) is 1. The first-order valence-electron chi connectivity index (χ1n) is 6.50. The van der Waals surface area contributed by atoms with Gasteiger partial charge in [0.05, 0.1) is 0 Å². The lowest BCUT2D eigenvalue weighted by molar-refractivity contribution is 0.525. The van der Waals surface area contributed by atoms with Crippen molar-refractivity contribution in [3.63, 3.8) is 0 Å². The summed E-state index contributed by atoms with van der Waals surface area (Å²) >= 11 is 3.53. The molecule has 0 fully saturated rings. The topological polar surface area (TPSA) is 9.23 Å². The minimum atomic E-state index is -0.781. The van der Waals surface area contributed by atoms with E-state index in [2.05, 4.69) is 80.1 Å². The predicted molar refractivity (Wildman–Crippen MR) is 88.5 cm³/mol. The van der Waals surface area contributed by atoms with Crippen LogP contribution in [0, 0.1) is 0 Å². The Morgan fingerprint density at radius 1 is 1.05 bits per heavy atom. The summed E-state index contributed by atoms with van der Waals surface area (Å²) in [6, 6.07) is 10.8. The highest BCUT2D eigenvalue weighted by molar-refractivity contribution is 9.10. The van der Waals surface area contributed by atoms with Gasteiger partial charge in [0, 0.05) is 9.86 Å². The molecule has 0 N–H and O–H groups in total. The highest BCUT2D eigenvalue weighted by atomic mass is 79.9. The molecular weight excluding hydrogens is 316 g/mol. The second-order valence-electron chi connectivity index (χ2n) is 6.07. The van der Waals surface area contributed by atoms with Crippen molar-refractivity contribution in [2.45, 2.75) is 39.3 Å². The predicted octanol–water partition coefficient (Wildman–Crippen LogP) is 5.53. The van der Waals surface area contributed by atoms with Crippen molar-refractivity contribution in [1.82, 2.24) is 0 Å². The summed E-state index contributed by atoms with van der Waals surface area (Å²) in [5.41, 5.74) is 1.38. The summed E-state index contributed by atoms with van der Waals surface area (Å²) in [5.74, 6) is 1.07. The molecule has 0 aliphatic carbocycles. The number of fused-ring (bicyclic) bond motifs is 1. The highest BCUT2D eigenvalue weighted by Crippen LogP contribution is 2.38. The molecule has 0 saturated heterocycles. The molecule has 0 aromatic heterocycles. The molecule has 0 saturated carbocycles. The monoisotopic (exact) mass is 335 g/mol. The molecule has 0 unspecified atom stereocenters. The maximum Gasteiger partial charge on any atom is 0.274 e. The van der Waals surface area contributed by atoms with Crippen LogP contribution in [0.3, 0.4) is 0 Å². The van der Waals surface area contributed by atoms with Gasteiger partial charge in [-0.15, -0.1) is 0 Å². The molecule has 1 nitrogen and oxygen atoms in total. The molecule has 0 bridgehead atoms. The van der Waals surface area contributed by atoms with E-state index in [4.69, 9.17) is 4.43 Å². The molecule has 0 heterocycles. The normalized spacial score (nSPS) is 12.2. The van der Waals surface area contributed by atoms with Gasteiger partial charge in [-0.2, -0.15) is 0 Å². The van der Waals surface area contributed by atoms with Crippen molar-refractivity contribution in [3.05, 3.63) is 40.4 Å². The third-order valence-electron chi connectivity index (χ3n) is 3.05. The van der Waals surface area contributed by atoms with Crippen molar-refractivity contribution < 1.29 is 4.43 Å². The zero-order valence-corrected chi connectivity index (χ0v) is 14.8. The van der Waals surface area contributed by atoms with Gasteiger partial charge in [-0.05, 0) is 47.7 Å². The van der Waals surface area contributed by atoms with E-state index in [1.54, 1.807) is 0 Å². The molecule has 101 valence electrons. The lowest BCUT2D eigenvalue weighted by Crippen LogP contribution is -2.18. The zero-order chi connectivity index (χ0) is 14.2. The smallest absolute Gasteiger partial charge is 0.274 e. The Labute approximate surface area is 125 Å². The Balaban J connectivity index is 2.73. The highest BCUT2D eigenvalue weighted by Gasteiger charge is 2.21. The lowest BCUT2D eigenvalue weighted by atomic mass is 9.85. The summed E-state index contributed by atoms with van der Waals surface area (Å²) in [6.45, 7) is 11.1. The van der Waals surface area contributed by atoms with Crippen LogP contribution in [0.5, 0.6) is 5.75 Å². The quantitative estimate of drug-likeness (QED) is 0.655. The molecule has 0 amide bonds. The molecular formula is C16H20BrOSi. The van der Waals surface area contributed by atoms with Crippen LogP contribution in [0.15, 0.2) is 34.8 Å². The molecule has 2 aromatic carbocycles. The van der Waals surface area contributed by atoms with E-state index in [0.717, 1.165) is 10.2 Å². The average molecular weight is 336 g/mol. The Morgan fingerprint density at radius 2 is 1.74 bits per heavy atom. The van der Waals surface area contributed by atoms with E-state index < -0.39 is 9.04 Å². The van der Waals surface area contributed by atoms with Gasteiger partial charge in [-0.25, -0.2) is 0 Å². The number of hydrogen-bond donors (Lipinski definition) is 0. The van der Waals surface area contributed by atoms with Gasteiger partial charge in [0.2, 0.25) is 0 Å². The fourth-order valence-electron chi connectivity index (χ4n) is 2.18. The van der Waals surface area contributed by atoms with Crippen LogP contribution in [-0.4, -0.2) is 9.04 Å². The zero-order valence-electron chi connectivity index (χ0n) is 12.2. The van der Waals surface area contributed by atoms with Crippen LogP contribution in [0.1, 0.15) is 26.3 Å². The van der Waals surface area contributed by atoms with Crippen LogP contribution in [0.2, 0.25) is 13.1 Å². The first-order chi connectivity index (χ1) is 8.79. The molecule has 0 aliphatic rings. The van der Waals surface area contributed by atoms with Crippen LogP contribution >= 0.6 is 15.9 Å². The molecule has 3 heteroatoms. The van der Waals surface area contributed by atoms with Crippen LogP contribution in [-0.2, 0) is 5.41 Å². The summed E-state index contributed by atoms with van der Waals surface area (Å²) in [5, 5.41) is 2.43. The minimum Gasteiger partial charge on any atom is -0.542 e. The number of halogens is 1. The van der Waals surface area contributed by atoms with Gasteiger partial charge < -0.3 is 4.43 Å². The molecule has 0 atom stereocenters. The molecule has 19 heavy (non-hydrogen) atoms. The fourth-order valence-corrected chi connectivity index (χ4v) is 3.18. The second-order valence-corrected chi connectivity index (χ2v) is 9.00. The van der Waals surface area contributed by atoms with Crippen LogP contribution in [0.25, 0.3) is 10.8 Å². The Bertz CT molecular complexity index is 599. The summed E-state index contributed by atoms with van der Waals surface area (Å²) in [6.07, 6.45) is 0. The maximum absolute atomic E-state index is 6.21. The van der Waals surface area contributed by atoms with E-state index in [1.807, 2.05) is 0 Å². The van der Waals surface area contributed by atoms with Crippen molar-refractivity contribution in [2.75, 3.05) is 0 Å². The van der Waals surface area contributed by atoms with Gasteiger partial charge >= 0.3 is 0 Å². The second kappa shape index (κ2) is 5.29. The van der Waals surface area contributed by atoms with Gasteiger partial charge in [-0.3, -0.25) is 0 Å². The molecule has 0 aliphatic heterocycles. The molecule has 2 rings (SSSR count). The van der Waals surface area contributed by atoms with Crippen molar-refractivity contribution in [1.29, 1.82) is 0 Å². The van der Waals surface area contributed by atoms with Crippen molar-refractivity contribution >= 4 is 35.7 Å². The molecule has 0 spiro atoms. The van der Waals surface area contributed by atoms with Gasteiger partial charge in [0.15, 0.2) is 0 Å². The van der Waals surface area contributed by atoms with Gasteiger partial charge in [0.25, 0.3) is 9.04 Å². The Kier molecular flexibility index (Phi) is 4.07. The summed E-state index contributed by atoms with van der Waals surface area (Å²) in [4.78, 5) is 0. The van der Waals surface area contributed by atoms with Gasteiger partial charge in [0.1, 0.15) is 5.75 Å². The third kappa shape index (κ3) is 3.21. The SMILES string of the molecule is C[Si](C)Oc1c(C(C)(C)C)ccc2cc(Br)ccc12. The first kappa shape index (κ1) is 14.6. The van der Waals surface area contributed by atoms with E-state index >= 15 is 0 Å². The van der Waals surface area contributed by atoms with E-state index in [1.165, 1.54) is 16.3 Å². The van der Waals surface area contributed by atoms with E-state index in [-0.39, 0.29) is 5.41 Å². The molecule has 2 aromatic rings. The van der Waals surface area contributed by atoms with Crippen LogP contribution < -0.4 is 4.43 Å². The first-order valence-corrected chi connectivity index (χ1v) is 9.70. The summed E-state index contributed by atoms with van der Waals surface area (Å²) in [7, 11) is -0.781. The van der Waals surface area contributed by atoms with Crippen LogP contribution in [0.4, 0.5) is 0 Å².